The van der Waals surface area contributed by atoms with Crippen LogP contribution in [0.4, 0.5) is 4.79 Å². The number of urea groups is 1. The third kappa shape index (κ3) is 5.65. The molecule has 1 aliphatic rings. The zero-order valence-corrected chi connectivity index (χ0v) is 18.6. The lowest BCUT2D eigenvalue weighted by Gasteiger charge is -2.20. The molecule has 160 valence electrons. The van der Waals surface area contributed by atoms with E-state index in [2.05, 4.69) is 10.6 Å². The second-order valence-electron chi connectivity index (χ2n) is 7.83. The van der Waals surface area contributed by atoms with Crippen LogP contribution in [0.5, 0.6) is 0 Å². The van der Waals surface area contributed by atoms with E-state index in [0.717, 1.165) is 22.3 Å². The molecule has 1 atom stereocenters. The Morgan fingerprint density at radius 2 is 1.83 bits per heavy atom. The molecule has 0 saturated heterocycles. The Morgan fingerprint density at radius 1 is 1.10 bits per heavy atom. The lowest BCUT2D eigenvalue weighted by Crippen LogP contribution is -2.42. The van der Waals surface area contributed by atoms with Crippen molar-refractivity contribution in [2.24, 2.45) is 5.73 Å². The van der Waals surface area contributed by atoms with Gasteiger partial charge in [-0.3, -0.25) is 4.79 Å². The molecule has 0 fully saturated rings. The quantitative estimate of drug-likeness (QED) is 0.630. The topological polar surface area (TPSA) is 87.5 Å². The average Bonchev–Trinajstić information content (AvgIpc) is 3.10. The van der Waals surface area contributed by atoms with Crippen molar-refractivity contribution < 1.29 is 9.59 Å². The number of nitrogens with two attached hydrogens (primary N) is 1. The van der Waals surface area contributed by atoms with Gasteiger partial charge in [-0.15, -0.1) is 0 Å². The van der Waals surface area contributed by atoms with Gasteiger partial charge in [0.1, 0.15) is 0 Å². The average molecular weight is 449 g/mol. The van der Waals surface area contributed by atoms with Crippen LogP contribution < -0.4 is 16.4 Å². The Balaban J connectivity index is 1.58. The summed E-state index contributed by atoms with van der Waals surface area (Å²) in [5.41, 5.74) is 10.1. The molecule has 0 spiro atoms. The number of rotatable bonds is 6. The Morgan fingerprint density at radius 3 is 2.53 bits per heavy atom. The number of benzene rings is 2. The van der Waals surface area contributed by atoms with E-state index in [0.29, 0.717) is 36.1 Å². The number of nitrogens with zero attached hydrogens (tertiary/aromatic N) is 1. The molecule has 0 saturated carbocycles. The Labute approximate surface area is 186 Å². The lowest BCUT2D eigenvalue weighted by molar-refractivity contribution is -0.133. The number of hydrogen-bond donors (Lipinski definition) is 3. The molecule has 6 nitrogen and oxygen atoms in total. The second-order valence-corrected chi connectivity index (χ2v) is 8.67. The highest BCUT2D eigenvalue weighted by atomic mass is 35.5. The maximum Gasteiger partial charge on any atom is 0.315 e. The summed E-state index contributed by atoms with van der Waals surface area (Å²) in [7, 11) is 0. The van der Waals surface area contributed by atoms with E-state index in [4.69, 9.17) is 28.9 Å². The Hall–Kier alpha value is -2.28. The van der Waals surface area contributed by atoms with Crippen molar-refractivity contribution >= 4 is 35.1 Å². The molecule has 2 aromatic rings. The summed E-state index contributed by atoms with van der Waals surface area (Å²) >= 11 is 12.1. The van der Waals surface area contributed by atoms with Crippen LogP contribution in [-0.2, 0) is 30.8 Å². The van der Waals surface area contributed by atoms with Gasteiger partial charge >= 0.3 is 6.03 Å². The molecule has 1 heterocycles. The molecule has 0 aliphatic carbocycles. The number of fused-ring (bicyclic) bond motifs is 1. The first-order chi connectivity index (χ1) is 14.2. The van der Waals surface area contributed by atoms with Gasteiger partial charge in [0, 0.05) is 35.7 Å². The number of nitrogens with one attached hydrogen (secondary N) is 2. The zero-order chi connectivity index (χ0) is 21.8. The molecule has 8 heteroatoms. The molecule has 3 rings (SSSR count). The predicted molar refractivity (Wildman–Crippen MR) is 119 cm³/mol. The van der Waals surface area contributed by atoms with Crippen molar-refractivity contribution in [3.63, 3.8) is 0 Å². The smallest absolute Gasteiger partial charge is 0.315 e. The summed E-state index contributed by atoms with van der Waals surface area (Å²) in [5, 5.41) is 6.69. The molecular weight excluding hydrogens is 423 g/mol. The molecule has 0 aromatic heterocycles. The lowest BCUT2D eigenvalue weighted by atomic mass is 10.1. The summed E-state index contributed by atoms with van der Waals surface area (Å²) in [6.07, 6.45) is 0.349. The largest absolute Gasteiger partial charge is 0.336 e. The molecule has 1 aliphatic heterocycles. The summed E-state index contributed by atoms with van der Waals surface area (Å²) in [6.45, 7) is 5.27. The zero-order valence-electron chi connectivity index (χ0n) is 17.0. The Bertz CT molecular complexity index is 949. The van der Waals surface area contributed by atoms with E-state index < -0.39 is 6.04 Å². The fourth-order valence-electron chi connectivity index (χ4n) is 3.46. The minimum atomic E-state index is -0.682. The molecule has 30 heavy (non-hydrogen) atoms. The van der Waals surface area contributed by atoms with E-state index in [-0.39, 0.29) is 18.0 Å². The van der Waals surface area contributed by atoms with Crippen LogP contribution in [0.25, 0.3) is 0 Å². The Kier molecular flexibility index (Phi) is 7.23. The minimum Gasteiger partial charge on any atom is -0.336 e. The number of amides is 3. The molecule has 3 amide bonds. The van der Waals surface area contributed by atoms with Gasteiger partial charge in [0.25, 0.3) is 0 Å². The third-order valence-electron chi connectivity index (χ3n) is 4.95. The first-order valence-corrected chi connectivity index (χ1v) is 10.6. The van der Waals surface area contributed by atoms with Gasteiger partial charge in [-0.2, -0.15) is 0 Å². The summed E-state index contributed by atoms with van der Waals surface area (Å²) in [6, 6.07) is 10.4. The van der Waals surface area contributed by atoms with Gasteiger partial charge in [-0.1, -0.05) is 47.5 Å². The normalized spacial score (nSPS) is 13.9. The molecule has 0 radical (unpaired) electrons. The monoisotopic (exact) mass is 448 g/mol. The van der Waals surface area contributed by atoms with Crippen molar-refractivity contribution in [3.05, 3.63) is 68.7 Å². The van der Waals surface area contributed by atoms with Crippen LogP contribution in [0.2, 0.25) is 10.0 Å². The van der Waals surface area contributed by atoms with E-state index in [9.17, 15) is 9.59 Å². The maximum atomic E-state index is 12.9. The number of halogens is 2. The highest BCUT2D eigenvalue weighted by Crippen LogP contribution is 2.26. The second kappa shape index (κ2) is 9.69. The van der Waals surface area contributed by atoms with Crippen molar-refractivity contribution in [1.82, 2.24) is 15.5 Å². The number of carbonyl (C=O) groups excluding carboxylic acids is 2. The van der Waals surface area contributed by atoms with E-state index in [1.165, 1.54) is 0 Å². The highest BCUT2D eigenvalue weighted by molar-refractivity contribution is 6.35. The maximum absolute atomic E-state index is 12.9. The van der Waals surface area contributed by atoms with Crippen LogP contribution in [0, 0.1) is 0 Å². The van der Waals surface area contributed by atoms with Crippen molar-refractivity contribution in [3.8, 4) is 0 Å². The number of hydrogen-bond acceptors (Lipinski definition) is 3. The van der Waals surface area contributed by atoms with Crippen molar-refractivity contribution in [1.29, 1.82) is 0 Å². The van der Waals surface area contributed by atoms with E-state index >= 15 is 0 Å². The molecule has 2 aromatic carbocycles. The minimum absolute atomic E-state index is 0.0801. The van der Waals surface area contributed by atoms with E-state index in [1.807, 2.05) is 32.0 Å². The summed E-state index contributed by atoms with van der Waals surface area (Å²) < 4.78 is 0. The van der Waals surface area contributed by atoms with Crippen LogP contribution >= 0.6 is 23.2 Å². The van der Waals surface area contributed by atoms with Crippen LogP contribution in [-0.4, -0.2) is 28.9 Å². The molecule has 4 N–H and O–H groups in total. The van der Waals surface area contributed by atoms with Crippen LogP contribution in [0.3, 0.4) is 0 Å². The van der Waals surface area contributed by atoms with Gasteiger partial charge in [-0.05, 0) is 54.7 Å². The molecule has 1 unspecified atom stereocenters. The van der Waals surface area contributed by atoms with Gasteiger partial charge in [0.05, 0.1) is 6.04 Å². The van der Waals surface area contributed by atoms with Crippen LogP contribution in [0.1, 0.15) is 36.1 Å². The van der Waals surface area contributed by atoms with Crippen molar-refractivity contribution in [2.45, 2.75) is 52.0 Å². The fraction of sp³-hybridized carbons (Fsp3) is 0.364. The van der Waals surface area contributed by atoms with Gasteiger partial charge < -0.3 is 21.3 Å². The van der Waals surface area contributed by atoms with Gasteiger partial charge in [0.2, 0.25) is 5.91 Å². The van der Waals surface area contributed by atoms with Gasteiger partial charge in [0.15, 0.2) is 0 Å². The van der Waals surface area contributed by atoms with Gasteiger partial charge in [-0.25, -0.2) is 4.79 Å². The SMILES string of the molecule is CC(C)NC(=O)NCc1ccc2c(c1)CN(C(=O)C(N)Cc1ccc(Cl)cc1Cl)C2. The highest BCUT2D eigenvalue weighted by Gasteiger charge is 2.27. The van der Waals surface area contributed by atoms with Crippen LogP contribution in [0.15, 0.2) is 36.4 Å². The molecule has 0 bridgehead atoms. The fourth-order valence-corrected chi connectivity index (χ4v) is 3.94. The third-order valence-corrected chi connectivity index (χ3v) is 5.54. The first kappa shape index (κ1) is 22.4. The summed E-state index contributed by atoms with van der Waals surface area (Å²) in [4.78, 5) is 26.4. The summed E-state index contributed by atoms with van der Waals surface area (Å²) in [5.74, 6) is -0.117. The predicted octanol–water partition coefficient (Wildman–Crippen LogP) is 3.61. The standard InChI is InChI=1S/C22H26Cl2N4O2/c1-13(2)27-22(30)26-10-14-3-4-16-11-28(12-17(16)7-14)21(29)20(25)8-15-5-6-18(23)9-19(15)24/h3-7,9,13,20H,8,10-12,25H2,1-2H3,(H2,26,27,30). The van der Waals surface area contributed by atoms with Crippen molar-refractivity contribution in [2.75, 3.05) is 0 Å². The molecular formula is C22H26Cl2N4O2. The first-order valence-electron chi connectivity index (χ1n) is 9.86. The van der Waals surface area contributed by atoms with E-state index in [1.54, 1.807) is 23.1 Å². The number of carbonyl (C=O) groups is 2.